The molecule has 3 rings (SSSR count). The van der Waals surface area contributed by atoms with Gasteiger partial charge in [-0.25, -0.2) is 4.79 Å². The highest BCUT2D eigenvalue weighted by Crippen LogP contribution is 2.39. The van der Waals surface area contributed by atoms with Crippen LogP contribution in [0.4, 0.5) is 9.80 Å². The standard InChI is InChI=1S/C21H23N3O3S2/c1-2-9-23-21(26)27-13-14-5-7-16-17(12-22)20(29-18(16)11-14)24-19(25)8-6-15-4-3-10-28-15/h3-4,6,8,10,14H,2,5,7,9,11,13H2,1H3,(H,23,26)(H,24,25). The van der Waals surface area contributed by atoms with Gasteiger partial charge < -0.3 is 15.4 Å². The van der Waals surface area contributed by atoms with Crippen molar-refractivity contribution in [2.75, 3.05) is 18.5 Å². The Morgan fingerprint density at radius 2 is 2.31 bits per heavy atom. The van der Waals surface area contributed by atoms with E-state index < -0.39 is 0 Å². The summed E-state index contributed by atoms with van der Waals surface area (Å²) in [5, 5.41) is 17.7. The molecule has 6 nitrogen and oxygen atoms in total. The lowest BCUT2D eigenvalue weighted by Gasteiger charge is -2.21. The van der Waals surface area contributed by atoms with Gasteiger partial charge in [0, 0.05) is 22.4 Å². The molecule has 2 heterocycles. The lowest BCUT2D eigenvalue weighted by molar-refractivity contribution is -0.111. The summed E-state index contributed by atoms with van der Waals surface area (Å²) in [6.07, 6.45) is 6.08. The van der Waals surface area contributed by atoms with E-state index in [4.69, 9.17) is 4.74 Å². The van der Waals surface area contributed by atoms with E-state index in [1.54, 1.807) is 17.4 Å². The molecule has 8 heteroatoms. The van der Waals surface area contributed by atoms with Crippen molar-refractivity contribution in [2.45, 2.75) is 32.6 Å². The molecule has 2 aromatic heterocycles. The molecule has 0 bridgehead atoms. The number of amides is 2. The summed E-state index contributed by atoms with van der Waals surface area (Å²) in [5.74, 6) is -0.0247. The number of carbonyl (C=O) groups is 2. The number of thiophene rings is 2. The number of nitrogens with zero attached hydrogens (tertiary/aromatic N) is 1. The van der Waals surface area contributed by atoms with Crippen LogP contribution in [0.15, 0.2) is 23.6 Å². The van der Waals surface area contributed by atoms with Crippen molar-refractivity contribution in [3.63, 3.8) is 0 Å². The average molecular weight is 430 g/mol. The Kier molecular flexibility index (Phi) is 7.44. The molecule has 2 N–H and O–H groups in total. The molecule has 2 aromatic rings. The fourth-order valence-electron chi connectivity index (χ4n) is 3.17. The van der Waals surface area contributed by atoms with Gasteiger partial charge in [-0.15, -0.1) is 22.7 Å². The number of nitriles is 1. The smallest absolute Gasteiger partial charge is 0.407 e. The van der Waals surface area contributed by atoms with Crippen molar-refractivity contribution in [3.8, 4) is 6.07 Å². The summed E-state index contributed by atoms with van der Waals surface area (Å²) in [5.41, 5.74) is 1.57. The first-order valence-electron chi connectivity index (χ1n) is 9.58. The van der Waals surface area contributed by atoms with Crippen LogP contribution in [-0.2, 0) is 22.4 Å². The van der Waals surface area contributed by atoms with Gasteiger partial charge in [0.2, 0.25) is 5.91 Å². The minimum absolute atomic E-state index is 0.224. The first-order chi connectivity index (χ1) is 14.1. The number of rotatable bonds is 7. The largest absolute Gasteiger partial charge is 0.449 e. The van der Waals surface area contributed by atoms with Crippen molar-refractivity contribution >= 4 is 45.8 Å². The Labute approximate surface area is 178 Å². The number of ether oxygens (including phenoxy) is 1. The molecule has 1 unspecified atom stereocenters. The molecule has 1 aliphatic carbocycles. The van der Waals surface area contributed by atoms with E-state index in [1.165, 1.54) is 17.4 Å². The molecule has 0 aromatic carbocycles. The second-order valence-corrected chi connectivity index (χ2v) is 8.88. The van der Waals surface area contributed by atoms with Gasteiger partial charge in [-0.1, -0.05) is 13.0 Å². The number of hydrogen-bond donors (Lipinski definition) is 2. The SMILES string of the molecule is CCCNC(=O)OCC1CCc2c(sc(NC(=O)C=Cc3cccs3)c2C#N)C1. The maximum absolute atomic E-state index is 12.3. The molecule has 0 saturated carbocycles. The van der Waals surface area contributed by atoms with Crippen LogP contribution in [0.3, 0.4) is 0 Å². The monoisotopic (exact) mass is 429 g/mol. The third-order valence-corrected chi connectivity index (χ3v) is 6.63. The lowest BCUT2D eigenvalue weighted by Crippen LogP contribution is -2.28. The third-order valence-electron chi connectivity index (χ3n) is 4.63. The molecule has 0 saturated heterocycles. The number of alkyl carbamates (subject to hydrolysis) is 1. The summed E-state index contributed by atoms with van der Waals surface area (Å²) in [6.45, 7) is 2.95. The van der Waals surface area contributed by atoms with Gasteiger partial charge in [0.15, 0.2) is 0 Å². The fourth-order valence-corrected chi connectivity index (χ4v) is 5.11. The van der Waals surface area contributed by atoms with Crippen LogP contribution in [-0.4, -0.2) is 25.2 Å². The van der Waals surface area contributed by atoms with Crippen LogP contribution in [0.2, 0.25) is 0 Å². The predicted molar refractivity (Wildman–Crippen MR) is 116 cm³/mol. The molecule has 2 amide bonds. The maximum Gasteiger partial charge on any atom is 0.407 e. The third kappa shape index (κ3) is 5.68. The molecule has 1 atom stereocenters. The van der Waals surface area contributed by atoms with Gasteiger partial charge in [-0.05, 0) is 54.7 Å². The Morgan fingerprint density at radius 1 is 1.45 bits per heavy atom. The second-order valence-electron chi connectivity index (χ2n) is 6.79. The molecule has 0 aliphatic heterocycles. The summed E-state index contributed by atoms with van der Waals surface area (Å²) in [4.78, 5) is 26.0. The Balaban J connectivity index is 1.61. The predicted octanol–water partition coefficient (Wildman–Crippen LogP) is 4.57. The molecule has 29 heavy (non-hydrogen) atoms. The average Bonchev–Trinajstić information content (AvgIpc) is 3.35. The summed E-state index contributed by atoms with van der Waals surface area (Å²) in [6, 6.07) is 6.11. The van der Waals surface area contributed by atoms with Crippen LogP contribution in [0.25, 0.3) is 6.08 Å². The Morgan fingerprint density at radius 3 is 3.03 bits per heavy atom. The zero-order chi connectivity index (χ0) is 20.6. The highest BCUT2D eigenvalue weighted by molar-refractivity contribution is 7.16. The number of fused-ring (bicyclic) bond motifs is 1. The normalized spacial score (nSPS) is 15.5. The molecule has 0 radical (unpaired) electrons. The quantitative estimate of drug-likeness (QED) is 0.631. The van der Waals surface area contributed by atoms with E-state index in [0.29, 0.717) is 23.7 Å². The fraction of sp³-hybridized carbons (Fsp3) is 0.381. The van der Waals surface area contributed by atoms with Crippen molar-refractivity contribution in [2.24, 2.45) is 5.92 Å². The highest BCUT2D eigenvalue weighted by Gasteiger charge is 2.27. The molecular formula is C21H23N3O3S2. The first kappa shape index (κ1) is 21.1. The topological polar surface area (TPSA) is 91.2 Å². The summed E-state index contributed by atoms with van der Waals surface area (Å²) in [7, 11) is 0. The highest BCUT2D eigenvalue weighted by atomic mass is 32.1. The molecule has 1 aliphatic rings. The van der Waals surface area contributed by atoms with Crippen molar-refractivity contribution in [3.05, 3.63) is 44.5 Å². The van der Waals surface area contributed by atoms with Crippen LogP contribution in [0, 0.1) is 17.2 Å². The maximum atomic E-state index is 12.3. The van der Waals surface area contributed by atoms with Gasteiger partial charge in [0.1, 0.15) is 11.1 Å². The van der Waals surface area contributed by atoms with E-state index in [-0.39, 0.29) is 17.9 Å². The molecule has 152 valence electrons. The minimum atomic E-state index is -0.382. The van der Waals surface area contributed by atoms with E-state index in [0.717, 1.165) is 41.0 Å². The minimum Gasteiger partial charge on any atom is -0.449 e. The lowest BCUT2D eigenvalue weighted by atomic mass is 9.88. The van der Waals surface area contributed by atoms with E-state index in [1.807, 2.05) is 24.4 Å². The first-order valence-corrected chi connectivity index (χ1v) is 11.3. The number of carbonyl (C=O) groups excluding carboxylic acids is 2. The van der Waals surface area contributed by atoms with Gasteiger partial charge in [0.25, 0.3) is 0 Å². The Bertz CT molecular complexity index is 926. The number of hydrogen-bond acceptors (Lipinski definition) is 6. The molecule has 0 fully saturated rings. The Hall–Kier alpha value is -2.63. The van der Waals surface area contributed by atoms with E-state index in [9.17, 15) is 14.9 Å². The van der Waals surface area contributed by atoms with Gasteiger partial charge in [-0.3, -0.25) is 4.79 Å². The van der Waals surface area contributed by atoms with Gasteiger partial charge >= 0.3 is 6.09 Å². The van der Waals surface area contributed by atoms with Crippen LogP contribution < -0.4 is 10.6 Å². The van der Waals surface area contributed by atoms with E-state index >= 15 is 0 Å². The van der Waals surface area contributed by atoms with Crippen molar-refractivity contribution in [1.82, 2.24) is 5.32 Å². The molecule has 0 spiro atoms. The van der Waals surface area contributed by atoms with Crippen LogP contribution in [0.1, 0.15) is 40.6 Å². The number of anilines is 1. The molecular weight excluding hydrogens is 406 g/mol. The zero-order valence-corrected chi connectivity index (χ0v) is 17.8. The summed E-state index contributed by atoms with van der Waals surface area (Å²) >= 11 is 3.00. The van der Waals surface area contributed by atoms with Gasteiger partial charge in [-0.2, -0.15) is 5.26 Å². The van der Waals surface area contributed by atoms with Crippen LogP contribution in [0.5, 0.6) is 0 Å². The summed E-state index contributed by atoms with van der Waals surface area (Å²) < 4.78 is 5.31. The number of nitrogens with one attached hydrogen (secondary N) is 2. The van der Waals surface area contributed by atoms with Crippen LogP contribution >= 0.6 is 22.7 Å². The van der Waals surface area contributed by atoms with Gasteiger partial charge in [0.05, 0.1) is 12.2 Å². The van der Waals surface area contributed by atoms with Crippen molar-refractivity contribution in [1.29, 1.82) is 5.26 Å². The van der Waals surface area contributed by atoms with E-state index in [2.05, 4.69) is 16.7 Å². The zero-order valence-electron chi connectivity index (χ0n) is 16.2. The second kappa shape index (κ2) is 10.2. The van der Waals surface area contributed by atoms with Crippen molar-refractivity contribution < 1.29 is 14.3 Å².